The number of benzene rings is 3. The van der Waals surface area contributed by atoms with E-state index in [1.807, 2.05) is 42.6 Å². The maximum atomic E-state index is 6.00. The van der Waals surface area contributed by atoms with Crippen molar-refractivity contribution >= 4 is 43.7 Å². The minimum absolute atomic E-state index is 0.709. The molecule has 0 aliphatic rings. The molecular formula is C22H21N3OS. The molecule has 0 bridgehead atoms. The smallest absolute Gasteiger partial charge is 0.204 e. The molecule has 4 nitrogen and oxygen atoms in total. The van der Waals surface area contributed by atoms with Crippen LogP contribution in [0.3, 0.4) is 0 Å². The van der Waals surface area contributed by atoms with E-state index in [9.17, 15) is 0 Å². The zero-order chi connectivity index (χ0) is 18.5. The molecule has 0 aliphatic heterocycles. The highest BCUT2D eigenvalue weighted by molar-refractivity contribution is 7.22. The molecule has 0 radical (unpaired) electrons. The molecule has 4 rings (SSSR count). The third kappa shape index (κ3) is 3.93. The van der Waals surface area contributed by atoms with E-state index in [-0.39, 0.29) is 0 Å². The van der Waals surface area contributed by atoms with Gasteiger partial charge in [0.05, 0.1) is 23.0 Å². The van der Waals surface area contributed by atoms with Crippen LogP contribution >= 0.6 is 11.3 Å². The summed E-state index contributed by atoms with van der Waals surface area (Å²) in [6.45, 7) is 2.87. The summed E-state index contributed by atoms with van der Waals surface area (Å²) in [5.74, 6) is 0.858. The van der Waals surface area contributed by atoms with E-state index in [2.05, 4.69) is 46.7 Å². The Labute approximate surface area is 162 Å². The van der Waals surface area contributed by atoms with Crippen LogP contribution in [0.5, 0.6) is 5.75 Å². The maximum absolute atomic E-state index is 6.00. The zero-order valence-corrected chi connectivity index (χ0v) is 16.0. The first-order valence-corrected chi connectivity index (χ1v) is 9.96. The molecule has 5 heteroatoms. The number of thiazole rings is 1. The molecule has 1 heterocycles. The molecule has 0 fully saturated rings. The first kappa shape index (κ1) is 17.5. The first-order chi connectivity index (χ1) is 13.3. The van der Waals surface area contributed by atoms with Crippen molar-refractivity contribution in [1.82, 2.24) is 4.98 Å². The molecule has 1 N–H and O–H groups in total. The number of para-hydroxylation sites is 1. The quantitative estimate of drug-likeness (QED) is 0.242. The standard InChI is InChI=1S/C22H21N3OS/c1-2-3-14-26-20-13-12-16-8-4-5-9-17(16)18(20)15-23-25-22-24-19-10-6-7-11-21(19)27-22/h4-13,15H,2-3,14H2,1H3,(H,24,25)/b23-15+. The number of anilines is 1. The van der Waals surface area contributed by atoms with Gasteiger partial charge in [-0.3, -0.25) is 5.43 Å². The molecule has 27 heavy (non-hydrogen) atoms. The van der Waals surface area contributed by atoms with E-state index in [1.165, 1.54) is 5.39 Å². The van der Waals surface area contributed by atoms with Gasteiger partial charge in [-0.1, -0.05) is 67.1 Å². The highest BCUT2D eigenvalue weighted by atomic mass is 32.1. The third-order valence-corrected chi connectivity index (χ3v) is 5.27. The Balaban J connectivity index is 1.62. The van der Waals surface area contributed by atoms with Crippen molar-refractivity contribution in [2.24, 2.45) is 5.10 Å². The number of hydrazone groups is 1. The van der Waals surface area contributed by atoms with Gasteiger partial charge in [0.2, 0.25) is 5.13 Å². The molecule has 0 saturated heterocycles. The van der Waals surface area contributed by atoms with Crippen LogP contribution in [0.15, 0.2) is 65.8 Å². The average molecular weight is 375 g/mol. The number of unbranched alkanes of at least 4 members (excludes halogenated alkanes) is 1. The highest BCUT2D eigenvalue weighted by Gasteiger charge is 2.07. The Hall–Kier alpha value is -2.92. The van der Waals surface area contributed by atoms with Gasteiger partial charge in [-0.2, -0.15) is 5.10 Å². The SMILES string of the molecule is CCCCOc1ccc2ccccc2c1/C=N/Nc1nc2ccccc2s1. The van der Waals surface area contributed by atoms with Gasteiger partial charge >= 0.3 is 0 Å². The van der Waals surface area contributed by atoms with E-state index >= 15 is 0 Å². The summed E-state index contributed by atoms with van der Waals surface area (Å²) < 4.78 is 7.15. The Morgan fingerprint density at radius 2 is 1.93 bits per heavy atom. The van der Waals surface area contributed by atoms with Gasteiger partial charge in [0, 0.05) is 5.56 Å². The lowest BCUT2D eigenvalue weighted by Crippen LogP contribution is -2.01. The van der Waals surface area contributed by atoms with Crippen molar-refractivity contribution < 1.29 is 4.74 Å². The average Bonchev–Trinajstić information content (AvgIpc) is 3.12. The molecule has 0 atom stereocenters. The number of hydrogen-bond donors (Lipinski definition) is 1. The summed E-state index contributed by atoms with van der Waals surface area (Å²) in [6, 6.07) is 20.5. The molecule has 0 saturated carbocycles. The van der Waals surface area contributed by atoms with E-state index < -0.39 is 0 Å². The first-order valence-electron chi connectivity index (χ1n) is 9.14. The molecule has 1 aromatic heterocycles. The van der Waals surface area contributed by atoms with Crippen LogP contribution in [0, 0.1) is 0 Å². The van der Waals surface area contributed by atoms with Gasteiger partial charge in [-0.05, 0) is 35.4 Å². The van der Waals surface area contributed by atoms with E-state index in [4.69, 9.17) is 4.74 Å². The normalized spacial score (nSPS) is 11.4. The molecular weight excluding hydrogens is 354 g/mol. The number of nitrogens with zero attached hydrogens (tertiary/aromatic N) is 2. The van der Waals surface area contributed by atoms with Gasteiger partial charge in [0.25, 0.3) is 0 Å². The summed E-state index contributed by atoms with van der Waals surface area (Å²) >= 11 is 1.59. The van der Waals surface area contributed by atoms with Crippen molar-refractivity contribution in [3.8, 4) is 5.75 Å². The van der Waals surface area contributed by atoms with Crippen LogP contribution in [0.4, 0.5) is 5.13 Å². The molecule has 0 spiro atoms. The van der Waals surface area contributed by atoms with Crippen molar-refractivity contribution in [1.29, 1.82) is 0 Å². The highest BCUT2D eigenvalue weighted by Crippen LogP contribution is 2.28. The summed E-state index contributed by atoms with van der Waals surface area (Å²) in [6.07, 6.45) is 3.97. The fourth-order valence-corrected chi connectivity index (χ4v) is 3.75. The van der Waals surface area contributed by atoms with Crippen molar-refractivity contribution in [3.05, 3.63) is 66.2 Å². The molecule has 0 unspecified atom stereocenters. The van der Waals surface area contributed by atoms with Crippen LogP contribution in [-0.2, 0) is 0 Å². The second-order valence-electron chi connectivity index (χ2n) is 6.26. The molecule has 0 aliphatic carbocycles. The number of aromatic nitrogens is 1. The van der Waals surface area contributed by atoms with Gasteiger partial charge in [-0.25, -0.2) is 4.98 Å². The van der Waals surface area contributed by atoms with Gasteiger partial charge < -0.3 is 4.74 Å². The number of nitrogens with one attached hydrogen (secondary N) is 1. The van der Waals surface area contributed by atoms with E-state index in [0.29, 0.717) is 6.61 Å². The molecule has 3 aromatic carbocycles. The number of rotatable bonds is 7. The largest absolute Gasteiger partial charge is 0.493 e. The lowest BCUT2D eigenvalue weighted by atomic mass is 10.0. The summed E-state index contributed by atoms with van der Waals surface area (Å²) in [4.78, 5) is 4.55. The Morgan fingerprint density at radius 3 is 2.81 bits per heavy atom. The van der Waals surface area contributed by atoms with Crippen molar-refractivity contribution in [3.63, 3.8) is 0 Å². The Bertz CT molecular complexity index is 1050. The van der Waals surface area contributed by atoms with Gasteiger partial charge in [0.15, 0.2) is 0 Å². The van der Waals surface area contributed by atoms with E-state index in [0.717, 1.165) is 44.9 Å². The van der Waals surface area contributed by atoms with Gasteiger partial charge in [-0.15, -0.1) is 0 Å². The second kappa shape index (κ2) is 8.18. The lowest BCUT2D eigenvalue weighted by Gasteiger charge is -2.11. The predicted octanol–water partition coefficient (Wildman–Crippen LogP) is 6.07. The molecule has 136 valence electrons. The summed E-state index contributed by atoms with van der Waals surface area (Å²) in [5.41, 5.74) is 5.03. The minimum atomic E-state index is 0.709. The fourth-order valence-electron chi connectivity index (χ4n) is 2.93. The molecule has 4 aromatic rings. The maximum Gasteiger partial charge on any atom is 0.204 e. The van der Waals surface area contributed by atoms with Crippen LogP contribution in [0.2, 0.25) is 0 Å². The lowest BCUT2D eigenvalue weighted by molar-refractivity contribution is 0.309. The second-order valence-corrected chi connectivity index (χ2v) is 7.29. The van der Waals surface area contributed by atoms with Crippen LogP contribution < -0.4 is 10.2 Å². The van der Waals surface area contributed by atoms with Crippen LogP contribution in [0.1, 0.15) is 25.3 Å². The zero-order valence-electron chi connectivity index (χ0n) is 15.2. The van der Waals surface area contributed by atoms with Crippen LogP contribution in [0.25, 0.3) is 21.0 Å². The monoisotopic (exact) mass is 375 g/mol. The number of fused-ring (bicyclic) bond motifs is 2. The Kier molecular flexibility index (Phi) is 5.30. The minimum Gasteiger partial charge on any atom is -0.493 e. The Morgan fingerprint density at radius 1 is 1.07 bits per heavy atom. The number of hydrogen-bond acceptors (Lipinski definition) is 5. The number of ether oxygens (including phenoxy) is 1. The van der Waals surface area contributed by atoms with Crippen LogP contribution in [-0.4, -0.2) is 17.8 Å². The summed E-state index contributed by atoms with van der Waals surface area (Å²) in [7, 11) is 0. The van der Waals surface area contributed by atoms with Crippen molar-refractivity contribution in [2.75, 3.05) is 12.0 Å². The topological polar surface area (TPSA) is 46.5 Å². The summed E-state index contributed by atoms with van der Waals surface area (Å²) in [5, 5.41) is 7.51. The van der Waals surface area contributed by atoms with Crippen molar-refractivity contribution in [2.45, 2.75) is 19.8 Å². The molecule has 0 amide bonds. The predicted molar refractivity (Wildman–Crippen MR) is 115 cm³/mol. The fraction of sp³-hybridized carbons (Fsp3) is 0.182. The third-order valence-electron chi connectivity index (χ3n) is 4.33. The van der Waals surface area contributed by atoms with E-state index in [1.54, 1.807) is 11.3 Å². The van der Waals surface area contributed by atoms with Gasteiger partial charge in [0.1, 0.15) is 5.75 Å².